The van der Waals surface area contributed by atoms with Gasteiger partial charge in [0.1, 0.15) is 12.2 Å². The predicted molar refractivity (Wildman–Crippen MR) is 137 cm³/mol. The number of carbonyl (C=O) groups excluding carboxylic acids is 2. The van der Waals surface area contributed by atoms with Crippen molar-refractivity contribution in [3.8, 4) is 0 Å². The number of benzene rings is 2. The van der Waals surface area contributed by atoms with Crippen LogP contribution >= 0.6 is 0 Å². The molecule has 186 valence electrons. The van der Waals surface area contributed by atoms with Crippen LogP contribution in [0.5, 0.6) is 0 Å². The van der Waals surface area contributed by atoms with E-state index in [1.807, 2.05) is 56.0 Å². The van der Waals surface area contributed by atoms with Crippen molar-refractivity contribution in [1.29, 1.82) is 0 Å². The van der Waals surface area contributed by atoms with Gasteiger partial charge in [0, 0.05) is 19.6 Å². The maximum atomic E-state index is 12.7. The van der Waals surface area contributed by atoms with Gasteiger partial charge in [0.05, 0.1) is 6.04 Å². The molecule has 6 nitrogen and oxygen atoms in total. The van der Waals surface area contributed by atoms with Gasteiger partial charge in [-0.1, -0.05) is 60.2 Å². The molecule has 0 bridgehead atoms. The minimum Gasteiger partial charge on any atom is -0.445 e. The van der Waals surface area contributed by atoms with Crippen LogP contribution in [0.15, 0.2) is 54.1 Å². The molecule has 0 aromatic heterocycles. The highest BCUT2D eigenvalue weighted by molar-refractivity contribution is 5.71. The quantitative estimate of drug-likeness (QED) is 0.517. The number of ether oxygens (including phenoxy) is 2. The maximum Gasteiger partial charge on any atom is 0.410 e. The fraction of sp³-hybridized carbons (Fsp3) is 0.448. The summed E-state index contributed by atoms with van der Waals surface area (Å²) < 4.78 is 11.1. The van der Waals surface area contributed by atoms with Crippen LogP contribution in [-0.2, 0) is 22.5 Å². The number of likely N-dealkylation sites (tertiary alicyclic amines) is 1. The second kappa shape index (κ2) is 10.5. The van der Waals surface area contributed by atoms with Crippen LogP contribution in [0.25, 0.3) is 6.08 Å². The Labute approximate surface area is 208 Å². The Morgan fingerprint density at radius 2 is 1.66 bits per heavy atom. The van der Waals surface area contributed by atoms with Crippen molar-refractivity contribution in [2.75, 3.05) is 19.6 Å². The fourth-order valence-electron chi connectivity index (χ4n) is 4.75. The van der Waals surface area contributed by atoms with Crippen molar-refractivity contribution >= 4 is 18.3 Å². The third-order valence-electron chi connectivity index (χ3n) is 6.63. The van der Waals surface area contributed by atoms with E-state index in [0.29, 0.717) is 26.2 Å². The van der Waals surface area contributed by atoms with Gasteiger partial charge >= 0.3 is 12.2 Å². The minimum absolute atomic E-state index is 0.0341. The third kappa shape index (κ3) is 6.24. The molecule has 2 aromatic rings. The maximum absolute atomic E-state index is 12.7. The second-order valence-corrected chi connectivity index (χ2v) is 10.3. The number of hydrogen-bond donors (Lipinski definition) is 0. The average molecular weight is 477 g/mol. The Balaban J connectivity index is 1.37. The molecule has 0 spiro atoms. The normalized spacial score (nSPS) is 18.1. The summed E-state index contributed by atoms with van der Waals surface area (Å²) in [5.74, 6) is 0. The molecule has 0 N–H and O–H groups in total. The lowest BCUT2D eigenvalue weighted by molar-refractivity contribution is 0.0159. The SMILES string of the molecule is CC1c2cccc(C=C3CCN(C(=O)OCc4ccccc4)CC3)c2CCN1C(=O)OC(C)(C)C. The van der Waals surface area contributed by atoms with Crippen LogP contribution in [0, 0.1) is 0 Å². The predicted octanol–water partition coefficient (Wildman–Crippen LogP) is 6.36. The molecule has 1 saturated heterocycles. The van der Waals surface area contributed by atoms with E-state index < -0.39 is 5.60 Å². The molecule has 0 radical (unpaired) electrons. The highest BCUT2D eigenvalue weighted by atomic mass is 16.6. The molecule has 2 aromatic carbocycles. The Hall–Kier alpha value is -3.28. The Morgan fingerprint density at radius 1 is 0.943 bits per heavy atom. The Bertz CT molecular complexity index is 1080. The van der Waals surface area contributed by atoms with Crippen LogP contribution in [0.1, 0.15) is 68.8 Å². The summed E-state index contributed by atoms with van der Waals surface area (Å²) in [4.78, 5) is 28.8. The highest BCUT2D eigenvalue weighted by Crippen LogP contribution is 2.34. The largest absolute Gasteiger partial charge is 0.445 e. The molecule has 0 saturated carbocycles. The summed E-state index contributed by atoms with van der Waals surface area (Å²) in [6, 6.07) is 16.1. The van der Waals surface area contributed by atoms with E-state index in [1.165, 1.54) is 22.3 Å². The second-order valence-electron chi connectivity index (χ2n) is 10.3. The van der Waals surface area contributed by atoms with Crippen LogP contribution in [0.2, 0.25) is 0 Å². The van der Waals surface area contributed by atoms with Crippen molar-refractivity contribution in [3.63, 3.8) is 0 Å². The van der Waals surface area contributed by atoms with E-state index in [0.717, 1.165) is 24.8 Å². The molecule has 6 heteroatoms. The van der Waals surface area contributed by atoms with E-state index in [1.54, 1.807) is 4.90 Å². The first-order valence-corrected chi connectivity index (χ1v) is 12.5. The number of rotatable bonds is 3. The van der Waals surface area contributed by atoms with E-state index in [4.69, 9.17) is 9.47 Å². The lowest BCUT2D eigenvalue weighted by Crippen LogP contribution is -2.42. The molecular formula is C29H36N2O4. The molecule has 35 heavy (non-hydrogen) atoms. The van der Waals surface area contributed by atoms with Crippen LogP contribution < -0.4 is 0 Å². The molecule has 1 unspecified atom stereocenters. The van der Waals surface area contributed by atoms with Crippen LogP contribution in [0.3, 0.4) is 0 Å². The van der Waals surface area contributed by atoms with Gasteiger partial charge in [0.25, 0.3) is 0 Å². The van der Waals surface area contributed by atoms with Crippen molar-refractivity contribution in [2.45, 2.75) is 65.2 Å². The van der Waals surface area contributed by atoms with Crippen LogP contribution in [0.4, 0.5) is 9.59 Å². The number of amides is 2. The summed E-state index contributed by atoms with van der Waals surface area (Å²) in [5.41, 5.74) is 5.52. The van der Waals surface area contributed by atoms with Gasteiger partial charge in [-0.05, 0) is 69.2 Å². The lowest BCUT2D eigenvalue weighted by atomic mass is 9.88. The minimum atomic E-state index is -0.508. The summed E-state index contributed by atoms with van der Waals surface area (Å²) in [5, 5.41) is 0. The number of nitrogens with zero attached hydrogens (tertiary/aromatic N) is 2. The summed E-state index contributed by atoms with van der Waals surface area (Å²) >= 11 is 0. The summed E-state index contributed by atoms with van der Waals surface area (Å²) in [6.07, 6.45) is 4.25. The molecule has 2 heterocycles. The van der Waals surface area contributed by atoms with Crippen molar-refractivity contribution in [1.82, 2.24) is 9.80 Å². The third-order valence-corrected chi connectivity index (χ3v) is 6.63. The monoisotopic (exact) mass is 476 g/mol. The number of hydrogen-bond acceptors (Lipinski definition) is 4. The van der Waals surface area contributed by atoms with Gasteiger partial charge in [-0.2, -0.15) is 0 Å². The zero-order chi connectivity index (χ0) is 25.0. The topological polar surface area (TPSA) is 59.1 Å². The average Bonchev–Trinajstić information content (AvgIpc) is 2.83. The zero-order valence-corrected chi connectivity index (χ0v) is 21.3. The molecular weight excluding hydrogens is 440 g/mol. The molecule has 4 rings (SSSR count). The standard InChI is InChI=1S/C29H36N2O4/c1-21-25-12-8-11-24(26(25)15-18-31(21)28(33)35-29(2,3)4)19-22-13-16-30(17-14-22)27(32)34-20-23-9-6-5-7-10-23/h5-12,19,21H,13-18,20H2,1-4H3. The molecule has 0 aliphatic carbocycles. The number of carbonyl (C=O) groups is 2. The summed E-state index contributed by atoms with van der Waals surface area (Å²) in [6.45, 7) is 10.0. The molecule has 2 aliphatic heterocycles. The van der Waals surface area contributed by atoms with E-state index in [9.17, 15) is 9.59 Å². The van der Waals surface area contributed by atoms with Gasteiger partial charge in [-0.25, -0.2) is 9.59 Å². The van der Waals surface area contributed by atoms with Crippen molar-refractivity contribution in [3.05, 3.63) is 76.4 Å². The molecule has 1 atom stereocenters. The van der Waals surface area contributed by atoms with E-state index in [-0.39, 0.29) is 18.2 Å². The van der Waals surface area contributed by atoms with Gasteiger partial charge in [0.2, 0.25) is 0 Å². The van der Waals surface area contributed by atoms with Gasteiger partial charge in [0.15, 0.2) is 0 Å². The Kier molecular flexibility index (Phi) is 7.48. The van der Waals surface area contributed by atoms with Gasteiger partial charge in [-0.15, -0.1) is 0 Å². The first-order chi connectivity index (χ1) is 16.7. The van der Waals surface area contributed by atoms with Gasteiger partial charge in [-0.3, -0.25) is 0 Å². The number of piperidine rings is 1. The van der Waals surface area contributed by atoms with E-state index in [2.05, 4.69) is 31.2 Å². The molecule has 2 aliphatic rings. The van der Waals surface area contributed by atoms with E-state index >= 15 is 0 Å². The smallest absolute Gasteiger partial charge is 0.410 e. The molecule has 2 amide bonds. The van der Waals surface area contributed by atoms with Crippen molar-refractivity contribution in [2.24, 2.45) is 0 Å². The molecule has 1 fully saturated rings. The zero-order valence-electron chi connectivity index (χ0n) is 21.3. The number of fused-ring (bicyclic) bond motifs is 1. The van der Waals surface area contributed by atoms with Crippen molar-refractivity contribution < 1.29 is 19.1 Å². The summed E-state index contributed by atoms with van der Waals surface area (Å²) in [7, 11) is 0. The first kappa shape index (κ1) is 24.8. The van der Waals surface area contributed by atoms with Crippen LogP contribution in [-0.4, -0.2) is 47.2 Å². The van der Waals surface area contributed by atoms with Gasteiger partial charge < -0.3 is 19.3 Å². The Morgan fingerprint density at radius 3 is 2.34 bits per heavy atom. The lowest BCUT2D eigenvalue weighted by Gasteiger charge is -2.37. The first-order valence-electron chi connectivity index (χ1n) is 12.5. The fourth-order valence-corrected chi connectivity index (χ4v) is 4.75. The highest BCUT2D eigenvalue weighted by Gasteiger charge is 2.31.